The van der Waals surface area contributed by atoms with Gasteiger partial charge in [-0.25, -0.2) is 5.43 Å². The van der Waals surface area contributed by atoms with E-state index < -0.39 is 5.91 Å². The molecule has 0 fully saturated rings. The third-order valence-electron chi connectivity index (χ3n) is 3.02. The van der Waals surface area contributed by atoms with E-state index in [4.69, 9.17) is 0 Å². The highest BCUT2D eigenvalue weighted by atomic mass is 127. The van der Waals surface area contributed by atoms with Crippen molar-refractivity contribution >= 4 is 45.8 Å². The van der Waals surface area contributed by atoms with Crippen LogP contribution >= 0.6 is 22.6 Å². The molecule has 2 aromatic carbocycles. The van der Waals surface area contributed by atoms with Crippen LogP contribution in [0.25, 0.3) is 0 Å². The van der Waals surface area contributed by atoms with Crippen LogP contribution in [-0.4, -0.2) is 22.6 Å². The Morgan fingerprint density at radius 1 is 1.17 bits per heavy atom. The SMILES string of the molecule is C/C(CC(=O)Nc1cccc(I)c1)=N/NC(=O)c1ccccc1O. The van der Waals surface area contributed by atoms with Crippen molar-refractivity contribution in [1.29, 1.82) is 0 Å². The predicted molar refractivity (Wildman–Crippen MR) is 101 cm³/mol. The summed E-state index contributed by atoms with van der Waals surface area (Å²) in [4.78, 5) is 23.9. The molecule has 7 heteroatoms. The van der Waals surface area contributed by atoms with Crippen molar-refractivity contribution < 1.29 is 14.7 Å². The molecule has 24 heavy (non-hydrogen) atoms. The Hall–Kier alpha value is -2.42. The standard InChI is InChI=1S/C17H16IN3O3/c1-11(9-16(23)19-13-6-4-5-12(18)10-13)20-21-17(24)14-7-2-3-8-15(14)22/h2-8,10,22H,9H2,1H3,(H,19,23)(H,21,24)/b20-11-. The van der Waals surface area contributed by atoms with Crippen LogP contribution in [-0.2, 0) is 4.79 Å². The first-order chi connectivity index (χ1) is 11.5. The summed E-state index contributed by atoms with van der Waals surface area (Å²) in [6.45, 7) is 1.64. The zero-order valence-electron chi connectivity index (χ0n) is 12.9. The molecule has 0 aliphatic heterocycles. The smallest absolute Gasteiger partial charge is 0.275 e. The average Bonchev–Trinajstić information content (AvgIpc) is 2.53. The zero-order valence-corrected chi connectivity index (χ0v) is 15.1. The van der Waals surface area contributed by atoms with E-state index in [0.29, 0.717) is 11.4 Å². The van der Waals surface area contributed by atoms with Crippen LogP contribution in [0.3, 0.4) is 0 Å². The van der Waals surface area contributed by atoms with Crippen LogP contribution in [0.2, 0.25) is 0 Å². The van der Waals surface area contributed by atoms with Crippen molar-refractivity contribution in [3.05, 3.63) is 57.7 Å². The largest absolute Gasteiger partial charge is 0.507 e. The number of aromatic hydroxyl groups is 1. The summed E-state index contributed by atoms with van der Waals surface area (Å²) in [7, 11) is 0. The maximum absolute atomic E-state index is 12.0. The van der Waals surface area contributed by atoms with Crippen molar-refractivity contribution in [2.75, 3.05) is 5.32 Å². The molecule has 0 bridgehead atoms. The highest BCUT2D eigenvalue weighted by molar-refractivity contribution is 14.1. The normalized spacial score (nSPS) is 11.0. The Balaban J connectivity index is 1.90. The van der Waals surface area contributed by atoms with Gasteiger partial charge >= 0.3 is 0 Å². The summed E-state index contributed by atoms with van der Waals surface area (Å²) in [5.41, 5.74) is 3.60. The van der Waals surface area contributed by atoms with Gasteiger partial charge in [-0.05, 0) is 59.8 Å². The van der Waals surface area contributed by atoms with Gasteiger partial charge in [0.25, 0.3) is 5.91 Å². The quantitative estimate of drug-likeness (QED) is 0.382. The molecule has 2 aromatic rings. The monoisotopic (exact) mass is 437 g/mol. The molecule has 0 spiro atoms. The second-order valence-electron chi connectivity index (χ2n) is 5.04. The maximum Gasteiger partial charge on any atom is 0.275 e. The minimum absolute atomic E-state index is 0.0481. The highest BCUT2D eigenvalue weighted by Gasteiger charge is 2.10. The Kier molecular flexibility index (Phi) is 6.30. The van der Waals surface area contributed by atoms with E-state index in [1.165, 1.54) is 12.1 Å². The van der Waals surface area contributed by atoms with Crippen LogP contribution < -0.4 is 10.7 Å². The van der Waals surface area contributed by atoms with Crippen LogP contribution in [0, 0.1) is 3.57 Å². The van der Waals surface area contributed by atoms with E-state index in [2.05, 4.69) is 38.4 Å². The number of benzene rings is 2. The molecule has 3 N–H and O–H groups in total. The lowest BCUT2D eigenvalue weighted by Crippen LogP contribution is -2.21. The number of nitrogens with one attached hydrogen (secondary N) is 2. The Bertz CT molecular complexity index is 790. The molecule has 0 aliphatic rings. The molecule has 0 atom stereocenters. The fourth-order valence-electron chi connectivity index (χ4n) is 1.92. The van der Waals surface area contributed by atoms with E-state index in [-0.39, 0.29) is 23.6 Å². The molecule has 2 amide bonds. The molecule has 0 saturated heterocycles. The number of anilines is 1. The average molecular weight is 437 g/mol. The number of amides is 2. The minimum atomic E-state index is -0.537. The maximum atomic E-state index is 12.0. The van der Waals surface area contributed by atoms with Gasteiger partial charge in [0.15, 0.2) is 0 Å². The van der Waals surface area contributed by atoms with Crippen molar-refractivity contribution in [3.8, 4) is 5.75 Å². The lowest BCUT2D eigenvalue weighted by Gasteiger charge is -2.06. The molecule has 0 radical (unpaired) electrons. The number of rotatable bonds is 5. The first-order valence-corrected chi connectivity index (χ1v) is 8.20. The fraction of sp³-hybridized carbons (Fsp3) is 0.118. The number of para-hydroxylation sites is 1. The summed E-state index contributed by atoms with van der Waals surface area (Å²) in [6.07, 6.45) is 0.0481. The van der Waals surface area contributed by atoms with Crippen LogP contribution in [0.15, 0.2) is 53.6 Å². The molecular formula is C17H16IN3O3. The third-order valence-corrected chi connectivity index (χ3v) is 3.69. The lowest BCUT2D eigenvalue weighted by atomic mass is 10.2. The number of hydrazone groups is 1. The van der Waals surface area contributed by atoms with Gasteiger partial charge in [-0.15, -0.1) is 0 Å². The summed E-state index contributed by atoms with van der Waals surface area (Å²) in [5, 5.41) is 16.3. The molecule has 0 unspecified atom stereocenters. The summed E-state index contributed by atoms with van der Waals surface area (Å²) >= 11 is 2.16. The summed E-state index contributed by atoms with van der Waals surface area (Å²) in [5.74, 6) is -0.889. The Morgan fingerprint density at radius 3 is 2.62 bits per heavy atom. The van der Waals surface area contributed by atoms with Gasteiger partial charge in [0, 0.05) is 15.0 Å². The van der Waals surface area contributed by atoms with Gasteiger partial charge in [0.05, 0.1) is 12.0 Å². The minimum Gasteiger partial charge on any atom is -0.507 e. The van der Waals surface area contributed by atoms with Crippen LogP contribution in [0.1, 0.15) is 23.7 Å². The summed E-state index contributed by atoms with van der Waals surface area (Å²) in [6, 6.07) is 13.6. The first kappa shape index (κ1) is 17.9. The number of phenolic OH excluding ortho intramolecular Hbond substituents is 1. The van der Waals surface area contributed by atoms with E-state index in [1.807, 2.05) is 18.2 Å². The van der Waals surface area contributed by atoms with Crippen molar-refractivity contribution in [3.63, 3.8) is 0 Å². The van der Waals surface area contributed by atoms with E-state index in [1.54, 1.807) is 25.1 Å². The Morgan fingerprint density at radius 2 is 1.92 bits per heavy atom. The van der Waals surface area contributed by atoms with Gasteiger partial charge in [0.2, 0.25) is 5.91 Å². The molecule has 6 nitrogen and oxygen atoms in total. The van der Waals surface area contributed by atoms with Gasteiger partial charge in [-0.2, -0.15) is 5.10 Å². The number of hydrogen-bond acceptors (Lipinski definition) is 4. The van der Waals surface area contributed by atoms with E-state index in [0.717, 1.165) is 3.57 Å². The molecule has 124 valence electrons. The number of carbonyl (C=O) groups is 2. The van der Waals surface area contributed by atoms with Crippen molar-refractivity contribution in [2.24, 2.45) is 5.10 Å². The van der Waals surface area contributed by atoms with E-state index in [9.17, 15) is 14.7 Å². The number of hydrogen-bond donors (Lipinski definition) is 3. The van der Waals surface area contributed by atoms with Crippen molar-refractivity contribution in [1.82, 2.24) is 5.43 Å². The first-order valence-electron chi connectivity index (χ1n) is 7.12. The molecule has 0 aromatic heterocycles. The van der Waals surface area contributed by atoms with Crippen LogP contribution in [0.5, 0.6) is 5.75 Å². The van der Waals surface area contributed by atoms with Crippen molar-refractivity contribution in [2.45, 2.75) is 13.3 Å². The Labute approximate surface area is 153 Å². The topological polar surface area (TPSA) is 90.8 Å². The number of nitrogens with zero attached hydrogens (tertiary/aromatic N) is 1. The number of phenols is 1. The zero-order chi connectivity index (χ0) is 17.5. The third kappa shape index (κ3) is 5.34. The van der Waals surface area contributed by atoms with Gasteiger partial charge < -0.3 is 10.4 Å². The number of halogens is 1. The molecule has 0 heterocycles. The molecule has 2 rings (SSSR count). The highest BCUT2D eigenvalue weighted by Crippen LogP contribution is 2.15. The fourth-order valence-corrected chi connectivity index (χ4v) is 2.46. The van der Waals surface area contributed by atoms with Gasteiger partial charge in [-0.1, -0.05) is 18.2 Å². The number of carbonyl (C=O) groups excluding carboxylic acids is 2. The van der Waals surface area contributed by atoms with Crippen LogP contribution in [0.4, 0.5) is 5.69 Å². The summed E-state index contributed by atoms with van der Waals surface area (Å²) < 4.78 is 1.02. The second-order valence-corrected chi connectivity index (χ2v) is 6.29. The van der Waals surface area contributed by atoms with E-state index >= 15 is 0 Å². The molecular weight excluding hydrogens is 421 g/mol. The van der Waals surface area contributed by atoms with Gasteiger partial charge in [0.1, 0.15) is 5.75 Å². The molecule has 0 aliphatic carbocycles. The lowest BCUT2D eigenvalue weighted by molar-refractivity contribution is -0.115. The predicted octanol–water partition coefficient (Wildman–Crippen LogP) is 3.13. The second kappa shape index (κ2) is 8.44. The van der Waals surface area contributed by atoms with Gasteiger partial charge in [-0.3, -0.25) is 9.59 Å². The molecule has 0 saturated carbocycles.